The Morgan fingerprint density at radius 1 is 0.818 bits per heavy atom. The van der Waals surface area contributed by atoms with Crippen LogP contribution in [-0.4, -0.2) is 6.29 Å². The molecule has 0 aromatic heterocycles. The van der Waals surface area contributed by atoms with E-state index in [9.17, 15) is 4.79 Å². The monoisotopic (exact) mass is 149 g/mol. The SMILES string of the molecule is C[C]1[C](C)[C](C)[C](C=O)[C]1C. The maximum Gasteiger partial charge on any atom is 0.128 e. The largest absolute Gasteiger partial charge is 0.303 e. The third kappa shape index (κ3) is 1.21. The molecule has 0 unspecified atom stereocenters. The van der Waals surface area contributed by atoms with Crippen LogP contribution in [0, 0.1) is 29.6 Å². The zero-order chi connectivity index (χ0) is 8.59. The lowest BCUT2D eigenvalue weighted by molar-refractivity contribution is -0.106. The minimum absolute atomic E-state index is 0.875. The fourth-order valence-corrected chi connectivity index (χ4v) is 1.42. The average molecular weight is 149 g/mol. The molecule has 1 aliphatic carbocycles. The van der Waals surface area contributed by atoms with Gasteiger partial charge in [-0.25, -0.2) is 0 Å². The van der Waals surface area contributed by atoms with Crippen LogP contribution in [0.2, 0.25) is 0 Å². The smallest absolute Gasteiger partial charge is 0.128 e. The second-order valence-electron chi connectivity index (χ2n) is 3.03. The molecular formula is C10H13O. The molecule has 0 aliphatic heterocycles. The molecule has 1 rings (SSSR count). The van der Waals surface area contributed by atoms with Gasteiger partial charge in [0, 0.05) is 0 Å². The minimum Gasteiger partial charge on any atom is -0.303 e. The van der Waals surface area contributed by atoms with Gasteiger partial charge in [0.05, 0.1) is 5.92 Å². The summed E-state index contributed by atoms with van der Waals surface area (Å²) in [5, 5.41) is 0. The Bertz CT molecular complexity index is 139. The summed E-state index contributed by atoms with van der Waals surface area (Å²) in [7, 11) is 0. The van der Waals surface area contributed by atoms with Crippen LogP contribution in [0.25, 0.3) is 0 Å². The summed E-state index contributed by atoms with van der Waals surface area (Å²) in [6.07, 6.45) is 0.949. The van der Waals surface area contributed by atoms with Crippen LogP contribution in [0.15, 0.2) is 0 Å². The van der Waals surface area contributed by atoms with Gasteiger partial charge in [0.2, 0.25) is 0 Å². The van der Waals surface area contributed by atoms with E-state index in [1.54, 1.807) is 0 Å². The van der Waals surface area contributed by atoms with E-state index in [1.807, 2.05) is 13.8 Å². The molecule has 0 heterocycles. The summed E-state index contributed by atoms with van der Waals surface area (Å²) >= 11 is 0. The first-order valence-corrected chi connectivity index (χ1v) is 3.77. The van der Waals surface area contributed by atoms with E-state index < -0.39 is 0 Å². The van der Waals surface area contributed by atoms with Crippen molar-refractivity contribution in [2.45, 2.75) is 27.7 Å². The summed E-state index contributed by atoms with van der Waals surface area (Å²) < 4.78 is 0. The van der Waals surface area contributed by atoms with E-state index in [2.05, 4.69) is 13.8 Å². The normalized spacial score (nSPS) is 26.5. The molecule has 1 fully saturated rings. The molecular weight excluding hydrogens is 136 g/mol. The highest BCUT2D eigenvalue weighted by Gasteiger charge is 2.43. The fraction of sp³-hybridized carbons (Fsp3) is 0.400. The summed E-state index contributed by atoms with van der Waals surface area (Å²) in [6.45, 7) is 8.12. The second kappa shape index (κ2) is 2.96. The Balaban J connectivity index is 2.76. The highest BCUT2D eigenvalue weighted by atomic mass is 16.1. The predicted octanol–water partition coefficient (Wildman–Crippen LogP) is 2.15. The van der Waals surface area contributed by atoms with Crippen molar-refractivity contribution in [2.24, 2.45) is 0 Å². The number of aldehydes is 1. The molecule has 11 heavy (non-hydrogen) atoms. The molecule has 0 aromatic rings. The Hall–Kier alpha value is -0.330. The van der Waals surface area contributed by atoms with Crippen molar-refractivity contribution in [3.05, 3.63) is 29.6 Å². The summed E-state index contributed by atoms with van der Waals surface area (Å²) in [4.78, 5) is 10.6. The zero-order valence-electron chi connectivity index (χ0n) is 7.49. The quantitative estimate of drug-likeness (QED) is 0.522. The van der Waals surface area contributed by atoms with Crippen LogP contribution in [0.1, 0.15) is 27.7 Å². The van der Waals surface area contributed by atoms with Crippen molar-refractivity contribution in [1.82, 2.24) is 0 Å². The summed E-state index contributed by atoms with van der Waals surface area (Å²) in [5.74, 6) is 5.65. The molecule has 0 saturated heterocycles. The van der Waals surface area contributed by atoms with Crippen molar-refractivity contribution in [2.75, 3.05) is 0 Å². The Kier molecular flexibility index (Phi) is 2.36. The fourth-order valence-electron chi connectivity index (χ4n) is 1.42. The topological polar surface area (TPSA) is 17.1 Å². The first-order chi connectivity index (χ1) is 5.09. The lowest BCUT2D eigenvalue weighted by atomic mass is 9.91. The lowest BCUT2D eigenvalue weighted by Crippen LogP contribution is -2.07. The van der Waals surface area contributed by atoms with Gasteiger partial charge in [-0.3, -0.25) is 0 Å². The predicted molar refractivity (Wildman–Crippen MR) is 45.0 cm³/mol. The molecule has 0 aromatic carbocycles. The van der Waals surface area contributed by atoms with E-state index in [0.29, 0.717) is 0 Å². The van der Waals surface area contributed by atoms with Crippen LogP contribution in [-0.2, 0) is 4.79 Å². The van der Waals surface area contributed by atoms with Crippen molar-refractivity contribution < 1.29 is 4.79 Å². The van der Waals surface area contributed by atoms with Crippen molar-refractivity contribution >= 4 is 6.29 Å². The van der Waals surface area contributed by atoms with E-state index in [4.69, 9.17) is 0 Å². The highest BCUT2D eigenvalue weighted by molar-refractivity contribution is 5.86. The van der Waals surface area contributed by atoms with E-state index in [1.165, 1.54) is 11.8 Å². The van der Waals surface area contributed by atoms with Crippen molar-refractivity contribution in [1.29, 1.82) is 0 Å². The van der Waals surface area contributed by atoms with Crippen molar-refractivity contribution in [3.8, 4) is 0 Å². The van der Waals surface area contributed by atoms with E-state index in [-0.39, 0.29) is 0 Å². The van der Waals surface area contributed by atoms with Gasteiger partial charge in [-0.05, 0) is 23.7 Å². The average Bonchev–Trinajstić information content (AvgIpc) is 2.17. The maximum absolute atomic E-state index is 10.6. The molecule has 1 saturated carbocycles. The van der Waals surface area contributed by atoms with Gasteiger partial charge in [-0.1, -0.05) is 27.7 Å². The molecule has 0 amide bonds. The van der Waals surface area contributed by atoms with Gasteiger partial charge in [0.25, 0.3) is 0 Å². The first kappa shape index (κ1) is 8.76. The van der Waals surface area contributed by atoms with Gasteiger partial charge in [0.15, 0.2) is 0 Å². The van der Waals surface area contributed by atoms with Crippen LogP contribution < -0.4 is 0 Å². The second-order valence-corrected chi connectivity index (χ2v) is 3.03. The van der Waals surface area contributed by atoms with Gasteiger partial charge < -0.3 is 4.79 Å². The maximum atomic E-state index is 10.6. The Morgan fingerprint density at radius 2 is 1.18 bits per heavy atom. The van der Waals surface area contributed by atoms with Gasteiger partial charge in [-0.2, -0.15) is 0 Å². The molecule has 0 bridgehead atoms. The summed E-state index contributed by atoms with van der Waals surface area (Å²) in [5.41, 5.74) is 0. The zero-order valence-corrected chi connectivity index (χ0v) is 7.49. The molecule has 0 N–H and O–H groups in total. The number of rotatable bonds is 1. The Labute approximate surface area is 69.2 Å². The van der Waals surface area contributed by atoms with Crippen LogP contribution in [0.4, 0.5) is 0 Å². The van der Waals surface area contributed by atoms with Crippen molar-refractivity contribution in [3.63, 3.8) is 0 Å². The van der Waals surface area contributed by atoms with E-state index >= 15 is 0 Å². The first-order valence-electron chi connectivity index (χ1n) is 3.77. The minimum atomic E-state index is 0.875. The molecule has 1 heteroatoms. The van der Waals surface area contributed by atoms with E-state index in [0.717, 1.165) is 24.0 Å². The van der Waals surface area contributed by atoms with Gasteiger partial charge >= 0.3 is 0 Å². The van der Waals surface area contributed by atoms with Gasteiger partial charge in [-0.15, -0.1) is 0 Å². The number of carbonyl (C=O) groups excluding carboxylic acids is 1. The highest BCUT2D eigenvalue weighted by Crippen LogP contribution is 2.50. The van der Waals surface area contributed by atoms with Crippen LogP contribution >= 0.6 is 0 Å². The molecule has 0 spiro atoms. The summed E-state index contributed by atoms with van der Waals surface area (Å²) in [6, 6.07) is 0. The number of hydrogen-bond donors (Lipinski definition) is 0. The standard InChI is InChI=1S/C10H13O/c1-6-7(2)9(4)10(5-11)8(6)3/h5H,1-4H3. The molecule has 1 aliphatic rings. The number of carbonyl (C=O) groups is 1. The molecule has 5 radical (unpaired) electrons. The van der Waals surface area contributed by atoms with Crippen LogP contribution in [0.5, 0.6) is 0 Å². The third-order valence-electron chi connectivity index (χ3n) is 2.61. The number of hydrogen-bond acceptors (Lipinski definition) is 1. The molecule has 1 nitrogen and oxygen atoms in total. The van der Waals surface area contributed by atoms with Gasteiger partial charge in [0.1, 0.15) is 6.29 Å². The molecule has 59 valence electrons. The van der Waals surface area contributed by atoms with Crippen LogP contribution in [0.3, 0.4) is 0 Å². The Morgan fingerprint density at radius 3 is 1.36 bits per heavy atom. The third-order valence-corrected chi connectivity index (χ3v) is 2.61. The molecule has 0 atom stereocenters. The lowest BCUT2D eigenvalue weighted by Gasteiger charge is -2.11.